The smallest absolute Gasteiger partial charge is 0.352 e. The maximum atomic E-state index is 12.8. The molecule has 1 unspecified atom stereocenters. The number of carbonyl (C=O) groups excluding carboxylic acids is 3. The monoisotopic (exact) mass is 494 g/mol. The first-order valence-electron chi connectivity index (χ1n) is 9.42. The van der Waals surface area contributed by atoms with E-state index in [-0.39, 0.29) is 17.2 Å². The van der Waals surface area contributed by atoms with Crippen molar-refractivity contribution in [1.82, 2.24) is 35.7 Å². The number of amides is 4. The number of tetrazole rings is 1. The molecule has 4 amide bonds. The van der Waals surface area contributed by atoms with Gasteiger partial charge in [0.15, 0.2) is 6.04 Å². The van der Waals surface area contributed by atoms with Crippen LogP contribution in [0.25, 0.3) is 0 Å². The van der Waals surface area contributed by atoms with Crippen molar-refractivity contribution in [2.45, 2.75) is 22.6 Å². The van der Waals surface area contributed by atoms with E-state index < -0.39 is 41.3 Å². The maximum Gasteiger partial charge on any atom is 0.352 e. The Labute approximate surface area is 194 Å². The highest BCUT2D eigenvalue weighted by atomic mass is 32.2. The van der Waals surface area contributed by atoms with Crippen molar-refractivity contribution < 1.29 is 28.7 Å². The number of nitrogens with zero attached hydrogens (tertiary/aromatic N) is 5. The summed E-state index contributed by atoms with van der Waals surface area (Å²) in [6.45, 7) is 0. The van der Waals surface area contributed by atoms with Crippen molar-refractivity contribution in [2.75, 3.05) is 11.5 Å². The number of carboxylic acid groups (broad SMARTS) is 1. The number of rotatable bonds is 8. The number of aliphatic carboxylic acids is 1. The predicted molar refractivity (Wildman–Crippen MR) is 113 cm³/mol. The molecule has 16 heteroatoms. The van der Waals surface area contributed by atoms with Gasteiger partial charge in [0.05, 0.1) is 6.26 Å². The molecule has 174 valence electrons. The van der Waals surface area contributed by atoms with Crippen LogP contribution in [0.15, 0.2) is 39.2 Å². The molecule has 0 spiro atoms. The quantitative estimate of drug-likeness (QED) is 0.260. The zero-order chi connectivity index (χ0) is 23.7. The molecule has 1 saturated heterocycles. The molecule has 2 aromatic rings. The molecule has 0 aromatic carbocycles. The van der Waals surface area contributed by atoms with Crippen LogP contribution in [0.4, 0.5) is 4.79 Å². The molecule has 33 heavy (non-hydrogen) atoms. The van der Waals surface area contributed by atoms with Gasteiger partial charge in [0, 0.05) is 18.6 Å². The third-order valence-electron chi connectivity index (χ3n) is 4.88. The average Bonchev–Trinajstić information content (AvgIpc) is 3.45. The Kier molecular flexibility index (Phi) is 6.28. The number of hydrogen-bond acceptors (Lipinski definition) is 10. The first-order chi connectivity index (χ1) is 15.8. The topological polar surface area (TPSA) is 199 Å². The Morgan fingerprint density at radius 3 is 2.85 bits per heavy atom. The molecule has 2 aliphatic rings. The van der Waals surface area contributed by atoms with E-state index >= 15 is 0 Å². The molecule has 2 aromatic heterocycles. The Morgan fingerprint density at radius 1 is 1.45 bits per heavy atom. The van der Waals surface area contributed by atoms with Crippen LogP contribution in [0.1, 0.15) is 11.8 Å². The second kappa shape index (κ2) is 9.14. The summed E-state index contributed by atoms with van der Waals surface area (Å²) < 4.78 is 6.64. The Hall–Kier alpha value is -3.53. The minimum Gasteiger partial charge on any atom is -0.477 e. The van der Waals surface area contributed by atoms with E-state index in [1.807, 2.05) is 0 Å². The third kappa shape index (κ3) is 4.38. The lowest BCUT2D eigenvalue weighted by Crippen LogP contribution is -2.71. The number of carbonyl (C=O) groups is 4. The highest BCUT2D eigenvalue weighted by molar-refractivity contribution is 8.01. The molecule has 3 atom stereocenters. The number of nitrogens with one attached hydrogen (secondary N) is 2. The van der Waals surface area contributed by atoms with E-state index in [0.717, 1.165) is 4.90 Å². The standard InChI is InChI=1S/C17H18N8O6S2/c1-24-17(21-22-23-24)33-6-7-5-32-14-10(13(27)25(14)11(7)15(28)29)19-12(26)9(20-16(18)30)8-3-2-4-31-8/h2-4,9-10,14H,5-6H2,1H3,(H,19,26)(H,28,29)(H3,18,20,30)/t9-,10+,14?/m0/s1. The first kappa shape index (κ1) is 22.7. The number of carboxylic acids is 1. The number of hydrogen-bond donors (Lipinski definition) is 4. The van der Waals surface area contributed by atoms with Crippen molar-refractivity contribution in [3.8, 4) is 0 Å². The fourth-order valence-electron chi connectivity index (χ4n) is 3.39. The van der Waals surface area contributed by atoms with Crippen molar-refractivity contribution >= 4 is 47.3 Å². The minimum atomic E-state index is -1.24. The highest BCUT2D eigenvalue weighted by Gasteiger charge is 2.54. The zero-order valence-electron chi connectivity index (χ0n) is 17.0. The van der Waals surface area contributed by atoms with Crippen molar-refractivity contribution in [3.63, 3.8) is 0 Å². The van der Waals surface area contributed by atoms with Crippen LogP contribution in [0.5, 0.6) is 0 Å². The molecule has 0 radical (unpaired) electrons. The van der Waals surface area contributed by atoms with E-state index in [2.05, 4.69) is 26.2 Å². The van der Waals surface area contributed by atoms with Gasteiger partial charge in [0.25, 0.3) is 11.8 Å². The van der Waals surface area contributed by atoms with Crippen LogP contribution >= 0.6 is 23.5 Å². The van der Waals surface area contributed by atoms with E-state index in [1.54, 1.807) is 7.05 Å². The maximum absolute atomic E-state index is 12.8. The second-order valence-corrected chi connectivity index (χ2v) is 9.03. The number of fused-ring (bicyclic) bond motifs is 1. The van der Waals surface area contributed by atoms with Crippen LogP contribution in [0.2, 0.25) is 0 Å². The number of aromatic nitrogens is 4. The summed E-state index contributed by atoms with van der Waals surface area (Å²) >= 11 is 2.57. The third-order valence-corrected chi connectivity index (χ3v) is 7.32. The number of urea groups is 1. The number of aryl methyl sites for hydroxylation is 1. The Bertz CT molecular complexity index is 1130. The second-order valence-electron chi connectivity index (χ2n) is 6.98. The van der Waals surface area contributed by atoms with Gasteiger partial charge in [0.2, 0.25) is 5.16 Å². The normalized spacial score (nSPS) is 20.6. The molecule has 0 aliphatic carbocycles. The average molecular weight is 495 g/mol. The zero-order valence-corrected chi connectivity index (χ0v) is 18.6. The first-order valence-corrected chi connectivity index (χ1v) is 11.5. The number of furan rings is 1. The van der Waals surface area contributed by atoms with Crippen molar-refractivity contribution in [3.05, 3.63) is 35.4 Å². The summed E-state index contributed by atoms with van der Waals surface area (Å²) in [5, 5.41) is 25.6. The van der Waals surface area contributed by atoms with Gasteiger partial charge >= 0.3 is 12.0 Å². The number of nitrogens with two attached hydrogens (primary N) is 1. The Morgan fingerprint density at radius 2 is 2.24 bits per heavy atom. The molecule has 4 heterocycles. The molecule has 0 bridgehead atoms. The fraction of sp³-hybridized carbons (Fsp3) is 0.353. The lowest BCUT2D eigenvalue weighted by atomic mass is 10.0. The molecule has 0 saturated carbocycles. The van der Waals surface area contributed by atoms with E-state index in [9.17, 15) is 24.3 Å². The van der Waals surface area contributed by atoms with Crippen LogP contribution in [-0.2, 0) is 21.4 Å². The number of β-lactam (4-membered cyclic amide) rings is 1. The molecule has 4 rings (SSSR count). The van der Waals surface area contributed by atoms with Crippen LogP contribution in [-0.4, -0.2) is 76.9 Å². The fourth-order valence-corrected chi connectivity index (χ4v) is 5.72. The van der Waals surface area contributed by atoms with Crippen molar-refractivity contribution in [1.29, 1.82) is 0 Å². The number of thioether (sulfide) groups is 2. The summed E-state index contributed by atoms with van der Waals surface area (Å²) in [4.78, 5) is 50.0. The highest BCUT2D eigenvalue weighted by Crippen LogP contribution is 2.41. The largest absolute Gasteiger partial charge is 0.477 e. The molecule has 1 fully saturated rings. The van der Waals surface area contributed by atoms with Gasteiger partial charge in [-0.2, -0.15) is 0 Å². The van der Waals surface area contributed by atoms with Gasteiger partial charge in [-0.3, -0.25) is 14.5 Å². The van der Waals surface area contributed by atoms with E-state index in [4.69, 9.17) is 10.2 Å². The van der Waals surface area contributed by atoms with Gasteiger partial charge in [-0.1, -0.05) is 11.8 Å². The van der Waals surface area contributed by atoms with Gasteiger partial charge in [-0.15, -0.1) is 16.9 Å². The lowest BCUT2D eigenvalue weighted by molar-refractivity contribution is -0.151. The molecule has 14 nitrogen and oxygen atoms in total. The molecule has 2 aliphatic heterocycles. The summed E-state index contributed by atoms with van der Waals surface area (Å²) in [5.74, 6) is -1.78. The van der Waals surface area contributed by atoms with E-state index in [0.29, 0.717) is 16.5 Å². The van der Waals surface area contributed by atoms with Crippen LogP contribution in [0, 0.1) is 0 Å². The van der Waals surface area contributed by atoms with Gasteiger partial charge in [-0.25, -0.2) is 14.3 Å². The van der Waals surface area contributed by atoms with Crippen LogP contribution < -0.4 is 16.4 Å². The van der Waals surface area contributed by atoms with Gasteiger partial charge in [0.1, 0.15) is 22.9 Å². The SMILES string of the molecule is Cn1nnnc1SCC1=C(C(=O)O)N2C(=O)[C@@H](NC(=O)[C@@H](NC(N)=O)c3ccco3)C2SC1. The number of primary amides is 1. The predicted octanol–water partition coefficient (Wildman–Crippen LogP) is -0.957. The minimum absolute atomic E-state index is 0.116. The van der Waals surface area contributed by atoms with Crippen molar-refractivity contribution in [2.24, 2.45) is 12.8 Å². The van der Waals surface area contributed by atoms with E-state index in [1.165, 1.54) is 46.6 Å². The molecular formula is C17H18N8O6S2. The molecule has 5 N–H and O–H groups in total. The van der Waals surface area contributed by atoms with Gasteiger partial charge in [-0.05, 0) is 28.1 Å². The summed E-state index contributed by atoms with van der Waals surface area (Å²) in [7, 11) is 1.66. The molecular weight excluding hydrogens is 476 g/mol. The Balaban J connectivity index is 1.48. The van der Waals surface area contributed by atoms with Crippen LogP contribution in [0.3, 0.4) is 0 Å². The lowest BCUT2D eigenvalue weighted by Gasteiger charge is -2.49. The summed E-state index contributed by atoms with van der Waals surface area (Å²) in [6.07, 6.45) is 1.33. The van der Waals surface area contributed by atoms with Gasteiger partial charge < -0.3 is 25.9 Å². The summed E-state index contributed by atoms with van der Waals surface area (Å²) in [5.41, 5.74) is 5.57. The summed E-state index contributed by atoms with van der Waals surface area (Å²) in [6, 6.07) is -0.148.